The van der Waals surface area contributed by atoms with Gasteiger partial charge in [-0.25, -0.2) is 4.74 Å². The lowest BCUT2D eigenvalue weighted by molar-refractivity contribution is 0.563. The summed E-state index contributed by atoms with van der Waals surface area (Å²) < 4.78 is 15.4. The van der Waals surface area contributed by atoms with Gasteiger partial charge in [-0.15, -0.1) is 0 Å². The van der Waals surface area contributed by atoms with E-state index in [9.17, 15) is 0 Å². The Morgan fingerprint density at radius 3 is 2.03 bits per heavy atom. The fourth-order valence-corrected chi connectivity index (χ4v) is 8.66. The van der Waals surface area contributed by atoms with Crippen molar-refractivity contribution >= 4 is 50.9 Å². The first-order chi connectivity index (χ1) is 18.9. The predicted octanol–water partition coefficient (Wildman–Crippen LogP) is 9.70. The molecular weight excluding hydrogens is 497 g/mol. The molecule has 6 rings (SSSR count). The molecule has 1 heterocycles. The van der Waals surface area contributed by atoms with Gasteiger partial charge in [0.1, 0.15) is 11.2 Å². The van der Waals surface area contributed by atoms with Crippen LogP contribution in [0.25, 0.3) is 32.4 Å². The van der Waals surface area contributed by atoms with Crippen molar-refractivity contribution < 1.29 is 4.52 Å². The van der Waals surface area contributed by atoms with E-state index < -0.39 is 7.28 Å². The molecule has 0 unspecified atom stereocenters. The average Bonchev–Trinajstić information content (AvgIpc) is 3.31. The monoisotopic (exact) mass is 531 g/mol. The lowest BCUT2D eigenvalue weighted by atomic mass is 10.1. The summed E-state index contributed by atoms with van der Waals surface area (Å²) in [6.45, 7) is 9.78. The topological polar surface area (TPSA) is 39.4 Å². The summed E-state index contributed by atoms with van der Waals surface area (Å²) in [6.07, 6.45) is 0.966. The molecule has 0 saturated carbocycles. The molecule has 4 nitrogen and oxygen atoms in total. The van der Waals surface area contributed by atoms with E-state index in [1.165, 1.54) is 5.39 Å². The molecule has 5 heteroatoms. The summed E-state index contributed by atoms with van der Waals surface area (Å²) >= 11 is 0. The fraction of sp³-hybridized carbons (Fsp3) is 0.206. The van der Waals surface area contributed by atoms with Gasteiger partial charge < -0.3 is 4.52 Å². The smallest absolute Gasteiger partial charge is 0.191 e. The van der Waals surface area contributed by atoms with Crippen LogP contribution in [-0.2, 0) is 6.54 Å². The lowest BCUT2D eigenvalue weighted by Crippen LogP contribution is -2.32. The number of benzene rings is 5. The van der Waals surface area contributed by atoms with E-state index in [0.29, 0.717) is 0 Å². The van der Waals surface area contributed by atoms with Gasteiger partial charge >= 0.3 is 0 Å². The second-order valence-electron chi connectivity index (χ2n) is 11.0. The molecule has 5 aromatic carbocycles. The second kappa shape index (κ2) is 10.0. The third-order valence-corrected chi connectivity index (χ3v) is 11.1. The number of fused-ring (bicyclic) bond motifs is 3. The van der Waals surface area contributed by atoms with Crippen LogP contribution in [0.1, 0.15) is 34.1 Å². The molecule has 1 aromatic heterocycles. The zero-order chi connectivity index (χ0) is 27.0. The first kappa shape index (κ1) is 25.4. The quantitative estimate of drug-likeness (QED) is 0.201. The zero-order valence-corrected chi connectivity index (χ0v) is 23.9. The summed E-state index contributed by atoms with van der Waals surface area (Å²) in [5.41, 5.74) is 3.02. The molecule has 0 aliphatic carbocycles. The second-order valence-corrected chi connectivity index (χ2v) is 14.3. The summed E-state index contributed by atoms with van der Waals surface area (Å²) in [6, 6.07) is 38.0. The molecule has 196 valence electrons. The Kier molecular flexibility index (Phi) is 6.53. The molecule has 39 heavy (non-hydrogen) atoms. The number of nitrogens with zero attached hydrogens (tertiary/aromatic N) is 3. The largest absolute Gasteiger partial charge is 0.453 e. The van der Waals surface area contributed by atoms with Gasteiger partial charge in [0.05, 0.1) is 11.2 Å². The first-order valence-corrected chi connectivity index (χ1v) is 15.3. The van der Waals surface area contributed by atoms with Gasteiger partial charge in [0.2, 0.25) is 0 Å². The van der Waals surface area contributed by atoms with Crippen molar-refractivity contribution in [1.29, 1.82) is 0 Å². The molecule has 0 N–H and O–H groups in total. The minimum Gasteiger partial charge on any atom is -0.453 e. The van der Waals surface area contributed by atoms with Gasteiger partial charge in [-0.3, -0.25) is 4.68 Å². The summed E-state index contributed by atoms with van der Waals surface area (Å²) in [5, 5.41) is 10.4. The van der Waals surface area contributed by atoms with Crippen molar-refractivity contribution in [3.8, 4) is 5.75 Å². The fourth-order valence-electron chi connectivity index (χ4n) is 5.33. The number of aryl methyl sites for hydroxylation is 1. The maximum atomic E-state index is 7.46. The van der Waals surface area contributed by atoms with Crippen LogP contribution in [0.2, 0.25) is 0 Å². The highest BCUT2D eigenvalue weighted by Gasteiger charge is 2.43. The normalized spacial score (nSPS) is 13.5. The minimum absolute atomic E-state index is 0.338. The van der Waals surface area contributed by atoms with Crippen LogP contribution in [0.4, 0.5) is 5.69 Å². The van der Waals surface area contributed by atoms with Gasteiger partial charge in [0.25, 0.3) is 0 Å². The van der Waals surface area contributed by atoms with E-state index in [0.717, 1.165) is 56.9 Å². The number of hydrogen-bond acceptors (Lipinski definition) is 3. The SMILES string of the molecule is CCCn1nc2ccccc2c1[P@@](=Nc1cccc2ccccc12)(Oc1cccc2ccccc12)C(C)(C)C. The van der Waals surface area contributed by atoms with Crippen molar-refractivity contribution in [2.45, 2.75) is 45.8 Å². The van der Waals surface area contributed by atoms with E-state index in [4.69, 9.17) is 14.4 Å². The third-order valence-electron chi connectivity index (χ3n) is 7.24. The van der Waals surface area contributed by atoms with E-state index in [-0.39, 0.29) is 5.16 Å². The van der Waals surface area contributed by atoms with Crippen LogP contribution >= 0.6 is 7.28 Å². The maximum Gasteiger partial charge on any atom is 0.191 e. The molecule has 0 bridgehead atoms. The van der Waals surface area contributed by atoms with Crippen LogP contribution in [0.5, 0.6) is 5.75 Å². The molecule has 0 radical (unpaired) electrons. The number of rotatable bonds is 6. The number of aromatic nitrogens is 2. The molecule has 0 saturated heterocycles. The third kappa shape index (κ3) is 4.43. The zero-order valence-electron chi connectivity index (χ0n) is 23.0. The van der Waals surface area contributed by atoms with Gasteiger partial charge in [-0.05, 0) is 35.4 Å². The van der Waals surface area contributed by atoms with E-state index in [1.54, 1.807) is 0 Å². The Hall–Kier alpha value is -3.88. The predicted molar refractivity (Wildman–Crippen MR) is 167 cm³/mol. The molecule has 0 fully saturated rings. The van der Waals surface area contributed by atoms with Crippen LogP contribution in [0, 0.1) is 0 Å². The molecular formula is C34H34N3OP. The molecule has 0 amide bonds. The molecule has 0 aliphatic heterocycles. The summed E-state index contributed by atoms with van der Waals surface area (Å²) in [4.78, 5) is 0. The molecule has 6 aromatic rings. The Morgan fingerprint density at radius 2 is 1.31 bits per heavy atom. The van der Waals surface area contributed by atoms with Crippen molar-refractivity contribution in [2.24, 2.45) is 4.74 Å². The van der Waals surface area contributed by atoms with Gasteiger partial charge in [0.15, 0.2) is 7.28 Å². The van der Waals surface area contributed by atoms with Crippen molar-refractivity contribution in [3.05, 3.63) is 109 Å². The standard InChI is InChI=1S/C34H34N3OP/c1-5-24-37-33(29-20-10-11-21-30(29)35-37)39(34(2,3)4,36-31-22-12-16-25-14-6-8-18-27(25)31)38-32-23-13-17-26-15-7-9-19-28(26)32/h6-23H,5,24H2,1-4H3/t39-/m1/s1. The van der Waals surface area contributed by atoms with E-state index in [2.05, 4.69) is 142 Å². The van der Waals surface area contributed by atoms with E-state index >= 15 is 0 Å². The summed E-state index contributed by atoms with van der Waals surface area (Å²) in [5.74, 6) is 0.855. The van der Waals surface area contributed by atoms with Crippen LogP contribution in [0.15, 0.2) is 114 Å². The minimum atomic E-state index is -2.82. The molecule has 0 aliphatic rings. The average molecular weight is 532 g/mol. The maximum absolute atomic E-state index is 7.46. The van der Waals surface area contributed by atoms with Crippen LogP contribution in [0.3, 0.4) is 0 Å². The van der Waals surface area contributed by atoms with Crippen LogP contribution < -0.4 is 9.96 Å². The van der Waals surface area contributed by atoms with E-state index in [1.807, 2.05) is 0 Å². The summed E-state index contributed by atoms with van der Waals surface area (Å²) in [7, 11) is -2.82. The van der Waals surface area contributed by atoms with Crippen molar-refractivity contribution in [1.82, 2.24) is 9.78 Å². The molecule has 0 spiro atoms. The Balaban J connectivity index is 1.77. The van der Waals surface area contributed by atoms with Crippen molar-refractivity contribution in [3.63, 3.8) is 0 Å². The highest BCUT2D eigenvalue weighted by Crippen LogP contribution is 2.63. The molecule has 1 atom stereocenters. The highest BCUT2D eigenvalue weighted by molar-refractivity contribution is 7.71. The van der Waals surface area contributed by atoms with Crippen LogP contribution in [-0.4, -0.2) is 14.9 Å². The highest BCUT2D eigenvalue weighted by atomic mass is 31.2. The van der Waals surface area contributed by atoms with Gasteiger partial charge in [-0.1, -0.05) is 119 Å². The number of hydrogen-bond donors (Lipinski definition) is 0. The van der Waals surface area contributed by atoms with Gasteiger partial charge in [-0.2, -0.15) is 5.10 Å². The Labute approximate surface area is 230 Å². The Morgan fingerprint density at radius 1 is 0.718 bits per heavy atom. The van der Waals surface area contributed by atoms with Gasteiger partial charge in [0, 0.05) is 27.9 Å². The first-order valence-electron chi connectivity index (χ1n) is 13.6. The Bertz CT molecular complexity index is 1850. The van der Waals surface area contributed by atoms with Crippen molar-refractivity contribution in [2.75, 3.05) is 0 Å². The lowest BCUT2D eigenvalue weighted by Gasteiger charge is -2.37.